The van der Waals surface area contributed by atoms with Crippen LogP contribution in [0.4, 0.5) is 5.69 Å². The minimum atomic E-state index is -4.14. The molecule has 0 aliphatic rings. The third-order valence-electron chi connectivity index (χ3n) is 6.15. The molecule has 0 spiro atoms. The zero-order valence-corrected chi connectivity index (χ0v) is 23.3. The number of benzene rings is 3. The van der Waals surface area contributed by atoms with E-state index in [1.165, 1.54) is 17.0 Å². The third-order valence-corrected chi connectivity index (χ3v) is 8.24. The van der Waals surface area contributed by atoms with Gasteiger partial charge in [-0.1, -0.05) is 86.1 Å². The van der Waals surface area contributed by atoms with Crippen molar-refractivity contribution in [1.82, 2.24) is 10.2 Å². The molecule has 3 rings (SSSR count). The van der Waals surface area contributed by atoms with Crippen molar-refractivity contribution >= 4 is 39.1 Å². The first-order valence-corrected chi connectivity index (χ1v) is 14.5. The van der Waals surface area contributed by atoms with E-state index < -0.39 is 28.5 Å². The number of halogens is 1. The Bertz CT molecular complexity index is 1300. The van der Waals surface area contributed by atoms with Crippen LogP contribution in [0.2, 0.25) is 5.02 Å². The highest BCUT2D eigenvalue weighted by atomic mass is 35.5. The molecule has 9 heteroatoms. The second-order valence-corrected chi connectivity index (χ2v) is 11.1. The van der Waals surface area contributed by atoms with Gasteiger partial charge in [0.1, 0.15) is 12.6 Å². The molecule has 7 nitrogen and oxygen atoms in total. The minimum Gasteiger partial charge on any atom is -0.354 e. The predicted octanol–water partition coefficient (Wildman–Crippen LogP) is 4.91. The lowest BCUT2D eigenvalue weighted by Gasteiger charge is -2.33. The second-order valence-electron chi connectivity index (χ2n) is 8.81. The van der Waals surface area contributed by atoms with E-state index in [4.69, 9.17) is 11.6 Å². The van der Waals surface area contributed by atoms with Crippen molar-refractivity contribution in [2.45, 2.75) is 44.0 Å². The molecular weight excluding hydrogens is 522 g/mol. The summed E-state index contributed by atoms with van der Waals surface area (Å²) in [7, 11) is -4.14. The van der Waals surface area contributed by atoms with Gasteiger partial charge >= 0.3 is 0 Å². The Labute approximate surface area is 230 Å². The molecule has 0 bridgehead atoms. The van der Waals surface area contributed by atoms with Gasteiger partial charge in [-0.15, -0.1) is 0 Å². The second kappa shape index (κ2) is 14.0. The van der Waals surface area contributed by atoms with Gasteiger partial charge in [-0.25, -0.2) is 8.42 Å². The van der Waals surface area contributed by atoms with Crippen molar-refractivity contribution in [3.05, 3.63) is 95.5 Å². The van der Waals surface area contributed by atoms with Crippen LogP contribution in [0.3, 0.4) is 0 Å². The van der Waals surface area contributed by atoms with Crippen LogP contribution in [0.1, 0.15) is 32.3 Å². The fourth-order valence-corrected chi connectivity index (χ4v) is 5.89. The van der Waals surface area contributed by atoms with Gasteiger partial charge in [0.15, 0.2) is 0 Å². The summed E-state index contributed by atoms with van der Waals surface area (Å²) in [6.45, 7) is 4.03. The van der Waals surface area contributed by atoms with Crippen LogP contribution in [0, 0.1) is 0 Å². The van der Waals surface area contributed by atoms with Crippen LogP contribution < -0.4 is 9.62 Å². The summed E-state index contributed by atoms with van der Waals surface area (Å²) in [5, 5.41) is 3.08. The average Bonchev–Trinajstić information content (AvgIpc) is 2.94. The number of amides is 2. The van der Waals surface area contributed by atoms with Gasteiger partial charge in [0.05, 0.1) is 15.6 Å². The highest BCUT2D eigenvalue weighted by molar-refractivity contribution is 7.92. The first-order chi connectivity index (χ1) is 18.3. The molecule has 0 heterocycles. The normalized spacial score (nSPS) is 12.0. The maximum Gasteiger partial charge on any atom is 0.264 e. The molecule has 1 atom stereocenters. The Morgan fingerprint density at radius 2 is 1.50 bits per heavy atom. The molecule has 0 aliphatic heterocycles. The van der Waals surface area contributed by atoms with Gasteiger partial charge in [0.25, 0.3) is 10.0 Å². The number of hydrogen-bond donors (Lipinski definition) is 1. The molecule has 3 aromatic carbocycles. The van der Waals surface area contributed by atoms with E-state index in [0.29, 0.717) is 19.4 Å². The fourth-order valence-electron chi connectivity index (χ4n) is 4.15. The smallest absolute Gasteiger partial charge is 0.264 e. The van der Waals surface area contributed by atoms with E-state index in [1.54, 1.807) is 42.5 Å². The zero-order chi connectivity index (χ0) is 27.5. The molecule has 0 aromatic heterocycles. The topological polar surface area (TPSA) is 86.8 Å². The molecule has 2 amide bonds. The van der Waals surface area contributed by atoms with Crippen LogP contribution in [0.15, 0.2) is 89.8 Å². The number of para-hydroxylation sites is 1. The van der Waals surface area contributed by atoms with Crippen LogP contribution in [0.5, 0.6) is 0 Å². The first kappa shape index (κ1) is 29.2. The molecule has 1 unspecified atom stereocenters. The summed E-state index contributed by atoms with van der Waals surface area (Å²) in [6.07, 6.45) is 1.66. The standard InChI is InChI=1S/C29H34ClN3O4S/c1-3-20-31-29(35)26(4-2)32(21-19-23-13-7-5-8-14-23)28(34)22-33(27-18-12-11-17-25(27)30)38(36,37)24-15-9-6-10-16-24/h5-18,26H,3-4,19-22H2,1-2H3,(H,31,35). The number of hydrogen-bond acceptors (Lipinski definition) is 4. The summed E-state index contributed by atoms with van der Waals surface area (Å²) in [5.74, 6) is -0.746. The zero-order valence-electron chi connectivity index (χ0n) is 21.7. The lowest BCUT2D eigenvalue weighted by molar-refractivity contribution is -0.139. The minimum absolute atomic E-state index is 0.0382. The van der Waals surface area contributed by atoms with Crippen LogP contribution in [0.25, 0.3) is 0 Å². The Morgan fingerprint density at radius 1 is 0.895 bits per heavy atom. The molecule has 38 heavy (non-hydrogen) atoms. The summed E-state index contributed by atoms with van der Waals surface area (Å²) >= 11 is 6.42. The molecule has 0 saturated heterocycles. The van der Waals surface area contributed by atoms with Crippen LogP contribution in [-0.4, -0.2) is 50.8 Å². The lowest BCUT2D eigenvalue weighted by atomic mass is 10.1. The summed E-state index contributed by atoms with van der Waals surface area (Å²) in [5.41, 5.74) is 1.20. The molecule has 1 N–H and O–H groups in total. The maximum atomic E-state index is 13.9. The van der Waals surface area contributed by atoms with E-state index in [2.05, 4.69) is 5.32 Å². The number of carbonyl (C=O) groups excluding carboxylic acids is 2. The number of anilines is 1. The van der Waals surface area contributed by atoms with Crippen molar-refractivity contribution in [3.8, 4) is 0 Å². The highest BCUT2D eigenvalue weighted by Gasteiger charge is 2.34. The molecule has 3 aromatic rings. The van der Waals surface area contributed by atoms with E-state index in [1.807, 2.05) is 44.2 Å². The van der Waals surface area contributed by atoms with Crippen molar-refractivity contribution in [2.24, 2.45) is 0 Å². The van der Waals surface area contributed by atoms with Crippen molar-refractivity contribution in [1.29, 1.82) is 0 Å². The SMILES string of the molecule is CCCNC(=O)C(CC)N(CCc1ccccc1)C(=O)CN(c1ccccc1Cl)S(=O)(=O)c1ccccc1. The van der Waals surface area contributed by atoms with Gasteiger partial charge < -0.3 is 10.2 Å². The van der Waals surface area contributed by atoms with Crippen molar-refractivity contribution in [2.75, 3.05) is 23.9 Å². The van der Waals surface area contributed by atoms with Gasteiger partial charge in [0.2, 0.25) is 11.8 Å². The number of nitrogens with one attached hydrogen (secondary N) is 1. The van der Waals surface area contributed by atoms with E-state index >= 15 is 0 Å². The molecule has 0 fully saturated rings. The Balaban J connectivity index is 1.99. The maximum absolute atomic E-state index is 13.9. The number of nitrogens with zero attached hydrogens (tertiary/aromatic N) is 2. The monoisotopic (exact) mass is 555 g/mol. The average molecular weight is 556 g/mol. The van der Waals surface area contributed by atoms with Gasteiger partial charge in [-0.3, -0.25) is 13.9 Å². The van der Waals surface area contributed by atoms with E-state index in [0.717, 1.165) is 16.3 Å². The van der Waals surface area contributed by atoms with Crippen molar-refractivity contribution in [3.63, 3.8) is 0 Å². The number of sulfonamides is 1. The van der Waals surface area contributed by atoms with Crippen molar-refractivity contribution < 1.29 is 18.0 Å². The fraction of sp³-hybridized carbons (Fsp3) is 0.310. The highest BCUT2D eigenvalue weighted by Crippen LogP contribution is 2.30. The Kier molecular flexibility index (Phi) is 10.7. The molecule has 202 valence electrons. The number of rotatable bonds is 13. The molecule has 0 radical (unpaired) electrons. The molecule has 0 saturated carbocycles. The summed E-state index contributed by atoms with van der Waals surface area (Å²) in [6, 6.07) is 23.3. The van der Waals surface area contributed by atoms with E-state index in [9.17, 15) is 18.0 Å². The molecule has 0 aliphatic carbocycles. The van der Waals surface area contributed by atoms with Gasteiger partial charge in [0, 0.05) is 13.1 Å². The van der Waals surface area contributed by atoms with Crippen LogP contribution >= 0.6 is 11.6 Å². The largest absolute Gasteiger partial charge is 0.354 e. The lowest BCUT2D eigenvalue weighted by Crippen LogP contribution is -2.53. The third kappa shape index (κ3) is 7.36. The Morgan fingerprint density at radius 3 is 2.11 bits per heavy atom. The van der Waals surface area contributed by atoms with E-state index in [-0.39, 0.29) is 28.1 Å². The summed E-state index contributed by atoms with van der Waals surface area (Å²) in [4.78, 5) is 28.5. The predicted molar refractivity (Wildman–Crippen MR) is 152 cm³/mol. The van der Waals surface area contributed by atoms with Crippen LogP contribution in [-0.2, 0) is 26.0 Å². The van der Waals surface area contributed by atoms with Gasteiger partial charge in [-0.2, -0.15) is 0 Å². The Hall–Kier alpha value is -3.36. The quantitative estimate of drug-likeness (QED) is 0.324. The van der Waals surface area contributed by atoms with Gasteiger partial charge in [-0.05, 0) is 49.1 Å². The molecular formula is C29H34ClN3O4S. The number of carbonyl (C=O) groups is 2. The first-order valence-electron chi connectivity index (χ1n) is 12.7. The summed E-state index contributed by atoms with van der Waals surface area (Å²) < 4.78 is 28.5.